The fourth-order valence-electron chi connectivity index (χ4n) is 4.22. The Kier molecular flexibility index (Phi) is 4.71. The van der Waals surface area contributed by atoms with Crippen molar-refractivity contribution in [3.05, 3.63) is 90.3 Å². The number of pyridine rings is 2. The highest BCUT2D eigenvalue weighted by Gasteiger charge is 2.20. The van der Waals surface area contributed by atoms with Crippen LogP contribution in [0.15, 0.2) is 73.3 Å². The van der Waals surface area contributed by atoms with Gasteiger partial charge in [0.2, 0.25) is 5.95 Å². The van der Waals surface area contributed by atoms with Gasteiger partial charge in [-0.15, -0.1) is 5.10 Å². The van der Waals surface area contributed by atoms with E-state index in [2.05, 4.69) is 25.6 Å². The van der Waals surface area contributed by atoms with Gasteiger partial charge >= 0.3 is 0 Å². The molecule has 6 aromatic rings. The molecule has 0 spiro atoms. The molecule has 0 amide bonds. The molecule has 8 nitrogen and oxygen atoms in total. The number of nitriles is 1. The number of rotatable bonds is 4. The van der Waals surface area contributed by atoms with Crippen LogP contribution in [0.4, 0.5) is 16.0 Å². The van der Waals surface area contributed by atoms with Gasteiger partial charge in [0.05, 0.1) is 29.0 Å². The van der Waals surface area contributed by atoms with Crippen LogP contribution in [-0.2, 0) is 0 Å². The number of aromatic nitrogens is 6. The zero-order chi connectivity index (χ0) is 23.9. The molecule has 0 radical (unpaired) electrons. The fourth-order valence-corrected chi connectivity index (χ4v) is 4.22. The first kappa shape index (κ1) is 20.5. The lowest BCUT2D eigenvalue weighted by Crippen LogP contribution is -1.97. The van der Waals surface area contributed by atoms with Crippen molar-refractivity contribution in [2.24, 2.45) is 0 Å². The standard InChI is InChI=1S/C26H17FN8/c1-15-10-20(21(27)11-16(15)12-28)24-18(17-13-30-31-14-17)7-9-35-25(24)33-26(34-35)32-23-6-8-29-22-5-3-2-4-19(22)23/h2-11,13-14H,1H3,(H,30,31)(H,29,32,34). The summed E-state index contributed by atoms with van der Waals surface area (Å²) in [5.41, 5.74) is 5.48. The Morgan fingerprint density at radius 3 is 2.83 bits per heavy atom. The van der Waals surface area contributed by atoms with Gasteiger partial charge in [0, 0.05) is 40.7 Å². The highest BCUT2D eigenvalue weighted by Crippen LogP contribution is 2.37. The molecule has 4 aromatic heterocycles. The van der Waals surface area contributed by atoms with Crippen molar-refractivity contribution in [3.8, 4) is 28.3 Å². The maximum Gasteiger partial charge on any atom is 0.247 e. The Morgan fingerprint density at radius 1 is 1.11 bits per heavy atom. The number of nitrogens with zero attached hydrogens (tertiary/aromatic N) is 6. The summed E-state index contributed by atoms with van der Waals surface area (Å²) in [4.78, 5) is 9.13. The summed E-state index contributed by atoms with van der Waals surface area (Å²) >= 11 is 0. The van der Waals surface area contributed by atoms with Crippen molar-refractivity contribution in [1.29, 1.82) is 5.26 Å². The zero-order valence-electron chi connectivity index (χ0n) is 18.5. The Morgan fingerprint density at radius 2 is 2.00 bits per heavy atom. The Hall–Kier alpha value is -5.10. The average Bonchev–Trinajstić information content (AvgIpc) is 3.55. The number of anilines is 2. The van der Waals surface area contributed by atoms with Gasteiger partial charge in [-0.3, -0.25) is 10.1 Å². The van der Waals surface area contributed by atoms with E-state index in [1.54, 1.807) is 42.3 Å². The van der Waals surface area contributed by atoms with E-state index in [1.165, 1.54) is 6.07 Å². The van der Waals surface area contributed by atoms with Crippen molar-refractivity contribution in [2.45, 2.75) is 6.92 Å². The molecule has 35 heavy (non-hydrogen) atoms. The SMILES string of the molecule is Cc1cc(-c2c(-c3cn[nH]c3)ccn3nc(Nc4ccnc5ccccc45)nc23)c(F)cc1C#N. The molecule has 4 heterocycles. The summed E-state index contributed by atoms with van der Waals surface area (Å²) in [7, 11) is 0. The minimum absolute atomic E-state index is 0.288. The predicted octanol–water partition coefficient (Wildman–Crippen LogP) is 5.40. The molecule has 6 rings (SSSR count). The molecule has 0 fully saturated rings. The normalized spacial score (nSPS) is 11.1. The third-order valence-corrected chi connectivity index (χ3v) is 5.92. The zero-order valence-corrected chi connectivity index (χ0v) is 18.5. The summed E-state index contributed by atoms with van der Waals surface area (Å²) in [6.07, 6.45) is 6.90. The topological polar surface area (TPSA) is 108 Å². The molecule has 9 heteroatoms. The molecule has 0 bridgehead atoms. The molecule has 0 aliphatic rings. The highest BCUT2D eigenvalue weighted by molar-refractivity contribution is 5.94. The van der Waals surface area contributed by atoms with Gasteiger partial charge in [-0.25, -0.2) is 8.91 Å². The number of H-pyrrole nitrogens is 1. The predicted molar refractivity (Wildman–Crippen MR) is 130 cm³/mol. The average molecular weight is 460 g/mol. The third kappa shape index (κ3) is 3.45. The molecule has 0 atom stereocenters. The maximum atomic E-state index is 15.3. The number of nitrogens with one attached hydrogen (secondary N) is 2. The van der Waals surface area contributed by atoms with Crippen LogP contribution in [0.2, 0.25) is 0 Å². The number of benzene rings is 2. The van der Waals surface area contributed by atoms with Crippen LogP contribution >= 0.6 is 0 Å². The number of para-hydroxylation sites is 1. The molecule has 0 saturated heterocycles. The lowest BCUT2D eigenvalue weighted by molar-refractivity contribution is 0.630. The van der Waals surface area contributed by atoms with Crippen LogP contribution in [0.5, 0.6) is 0 Å². The van der Waals surface area contributed by atoms with Crippen molar-refractivity contribution >= 4 is 28.2 Å². The van der Waals surface area contributed by atoms with E-state index in [1.807, 2.05) is 42.5 Å². The van der Waals surface area contributed by atoms with Crippen LogP contribution < -0.4 is 5.32 Å². The maximum absolute atomic E-state index is 15.3. The van der Waals surface area contributed by atoms with Gasteiger partial charge in [0.1, 0.15) is 5.82 Å². The van der Waals surface area contributed by atoms with E-state index in [0.717, 1.165) is 27.7 Å². The lowest BCUT2D eigenvalue weighted by atomic mass is 9.94. The lowest BCUT2D eigenvalue weighted by Gasteiger charge is -2.12. The molecule has 2 N–H and O–H groups in total. The molecular weight excluding hydrogens is 443 g/mol. The smallest absolute Gasteiger partial charge is 0.247 e. The van der Waals surface area contributed by atoms with E-state index in [9.17, 15) is 5.26 Å². The largest absolute Gasteiger partial charge is 0.322 e. The number of aromatic amines is 1. The van der Waals surface area contributed by atoms with Gasteiger partial charge in [0.15, 0.2) is 5.65 Å². The van der Waals surface area contributed by atoms with Crippen LogP contribution in [0.3, 0.4) is 0 Å². The van der Waals surface area contributed by atoms with Crippen LogP contribution in [0.25, 0.3) is 38.8 Å². The van der Waals surface area contributed by atoms with E-state index in [0.29, 0.717) is 28.3 Å². The molecule has 0 aliphatic heterocycles. The van der Waals surface area contributed by atoms with Gasteiger partial charge in [-0.2, -0.15) is 15.3 Å². The summed E-state index contributed by atoms with van der Waals surface area (Å²) in [6, 6.07) is 16.4. The van der Waals surface area contributed by atoms with Gasteiger partial charge in [0.25, 0.3) is 0 Å². The quantitative estimate of drug-likeness (QED) is 0.365. The fraction of sp³-hybridized carbons (Fsp3) is 0.0385. The minimum atomic E-state index is -0.511. The molecule has 2 aromatic carbocycles. The first-order chi connectivity index (χ1) is 17.1. The summed E-state index contributed by atoms with van der Waals surface area (Å²) in [6.45, 7) is 1.78. The molecular formula is C26H17FN8. The second-order valence-corrected chi connectivity index (χ2v) is 8.05. The molecule has 0 unspecified atom stereocenters. The van der Waals surface area contributed by atoms with Crippen molar-refractivity contribution in [2.75, 3.05) is 5.32 Å². The van der Waals surface area contributed by atoms with E-state index >= 15 is 4.39 Å². The Bertz CT molecular complexity index is 1760. The highest BCUT2D eigenvalue weighted by atomic mass is 19.1. The van der Waals surface area contributed by atoms with Gasteiger partial charge < -0.3 is 5.32 Å². The van der Waals surface area contributed by atoms with Crippen molar-refractivity contribution in [3.63, 3.8) is 0 Å². The van der Waals surface area contributed by atoms with E-state index in [4.69, 9.17) is 4.98 Å². The Balaban J connectivity index is 1.56. The number of hydrogen-bond acceptors (Lipinski definition) is 6. The number of hydrogen-bond donors (Lipinski definition) is 2. The summed E-state index contributed by atoms with van der Waals surface area (Å²) in [5.74, 6) is -0.152. The van der Waals surface area contributed by atoms with Gasteiger partial charge in [-0.05, 0) is 48.4 Å². The second kappa shape index (κ2) is 8.04. The van der Waals surface area contributed by atoms with Gasteiger partial charge in [-0.1, -0.05) is 18.2 Å². The monoisotopic (exact) mass is 460 g/mol. The van der Waals surface area contributed by atoms with Crippen molar-refractivity contribution < 1.29 is 4.39 Å². The second-order valence-electron chi connectivity index (χ2n) is 8.05. The molecule has 0 aliphatic carbocycles. The molecule has 0 saturated carbocycles. The van der Waals surface area contributed by atoms with Crippen LogP contribution in [-0.4, -0.2) is 29.8 Å². The van der Waals surface area contributed by atoms with E-state index in [-0.39, 0.29) is 5.56 Å². The third-order valence-electron chi connectivity index (χ3n) is 5.92. The first-order valence-electron chi connectivity index (χ1n) is 10.8. The summed E-state index contributed by atoms with van der Waals surface area (Å²) in [5, 5.41) is 25.0. The summed E-state index contributed by atoms with van der Waals surface area (Å²) < 4.78 is 16.9. The van der Waals surface area contributed by atoms with Crippen LogP contribution in [0.1, 0.15) is 11.1 Å². The number of aryl methyl sites for hydroxylation is 1. The number of fused-ring (bicyclic) bond motifs is 2. The number of halogens is 1. The van der Waals surface area contributed by atoms with Crippen molar-refractivity contribution in [1.82, 2.24) is 29.8 Å². The Labute approximate surface area is 198 Å². The molecule has 168 valence electrons. The minimum Gasteiger partial charge on any atom is -0.322 e. The van der Waals surface area contributed by atoms with E-state index < -0.39 is 5.82 Å². The first-order valence-corrected chi connectivity index (χ1v) is 10.8. The van der Waals surface area contributed by atoms with Crippen LogP contribution in [0, 0.1) is 24.1 Å².